The van der Waals surface area contributed by atoms with Crippen LogP contribution in [-0.4, -0.2) is 47.3 Å². The van der Waals surface area contributed by atoms with Gasteiger partial charge in [0.15, 0.2) is 5.11 Å². The number of hydrogen-bond donors (Lipinski definition) is 2. The molecule has 0 amide bonds. The Hall–Kier alpha value is -1.63. The van der Waals surface area contributed by atoms with E-state index in [-0.39, 0.29) is 0 Å². The van der Waals surface area contributed by atoms with Crippen LogP contribution >= 0.6 is 12.2 Å². The first-order chi connectivity index (χ1) is 13.3. The molecule has 0 spiro atoms. The highest BCUT2D eigenvalue weighted by Gasteiger charge is 2.23. The minimum atomic E-state index is 0.531. The summed E-state index contributed by atoms with van der Waals surface area (Å²) in [6.45, 7) is 4.34. The van der Waals surface area contributed by atoms with Crippen LogP contribution in [0.25, 0.3) is 0 Å². The molecule has 1 aromatic rings. The van der Waals surface area contributed by atoms with Crippen molar-refractivity contribution in [2.75, 3.05) is 41.3 Å². The summed E-state index contributed by atoms with van der Waals surface area (Å²) in [5.41, 5.74) is 0. The van der Waals surface area contributed by atoms with Crippen molar-refractivity contribution in [3.8, 4) is 0 Å². The van der Waals surface area contributed by atoms with Crippen LogP contribution in [0.3, 0.4) is 0 Å². The zero-order valence-electron chi connectivity index (χ0n) is 16.3. The topological polar surface area (TPSA) is 56.3 Å². The number of nitrogens with one attached hydrogen (secondary N) is 2. The van der Waals surface area contributed by atoms with E-state index in [1.807, 2.05) is 0 Å². The first-order valence-corrected chi connectivity index (χ1v) is 11.2. The summed E-state index contributed by atoms with van der Waals surface area (Å²) in [5.74, 6) is 2.72. The second kappa shape index (κ2) is 9.04. The van der Waals surface area contributed by atoms with E-state index in [2.05, 4.69) is 26.5 Å². The van der Waals surface area contributed by atoms with Gasteiger partial charge in [0.25, 0.3) is 0 Å². The second-order valence-corrected chi connectivity index (χ2v) is 8.49. The number of aromatic nitrogens is 2. The van der Waals surface area contributed by atoms with Gasteiger partial charge in [0.05, 0.1) is 0 Å². The van der Waals surface area contributed by atoms with Gasteiger partial charge in [0.2, 0.25) is 5.95 Å². The highest BCUT2D eigenvalue weighted by Crippen LogP contribution is 2.26. The van der Waals surface area contributed by atoms with Crippen molar-refractivity contribution in [2.45, 2.75) is 70.3 Å². The van der Waals surface area contributed by atoms with E-state index < -0.39 is 0 Å². The lowest BCUT2D eigenvalue weighted by atomic mass is 10.2. The fourth-order valence-electron chi connectivity index (χ4n) is 3.95. The highest BCUT2D eigenvalue weighted by molar-refractivity contribution is 7.80. The number of anilines is 3. The quantitative estimate of drug-likeness (QED) is 0.763. The van der Waals surface area contributed by atoms with E-state index >= 15 is 0 Å². The van der Waals surface area contributed by atoms with Gasteiger partial charge in [-0.3, -0.25) is 0 Å². The molecule has 0 aromatic carbocycles. The molecule has 2 aliphatic heterocycles. The molecule has 2 saturated heterocycles. The van der Waals surface area contributed by atoms with Gasteiger partial charge in [-0.25, -0.2) is 0 Å². The number of nitrogens with zero attached hydrogens (tertiary/aromatic N) is 4. The lowest BCUT2D eigenvalue weighted by Crippen LogP contribution is -2.32. The number of thiocarbonyl (C=S) groups is 1. The Labute approximate surface area is 168 Å². The van der Waals surface area contributed by atoms with Gasteiger partial charge in [0, 0.05) is 38.3 Å². The van der Waals surface area contributed by atoms with Gasteiger partial charge in [-0.2, -0.15) is 9.97 Å². The van der Waals surface area contributed by atoms with Crippen LogP contribution in [0.5, 0.6) is 0 Å². The van der Waals surface area contributed by atoms with Crippen LogP contribution in [0.15, 0.2) is 6.07 Å². The lowest BCUT2D eigenvalue weighted by Gasteiger charge is -2.26. The predicted octanol–water partition coefficient (Wildman–Crippen LogP) is 3.69. The minimum Gasteiger partial charge on any atom is -0.360 e. The van der Waals surface area contributed by atoms with Crippen molar-refractivity contribution in [3.63, 3.8) is 0 Å². The van der Waals surface area contributed by atoms with Crippen LogP contribution < -0.4 is 20.4 Å². The Bertz CT molecular complexity index is 593. The fraction of sp³-hybridized carbons (Fsp3) is 0.750. The van der Waals surface area contributed by atoms with Crippen LogP contribution in [0.1, 0.15) is 64.2 Å². The summed E-state index contributed by atoms with van der Waals surface area (Å²) in [4.78, 5) is 14.5. The van der Waals surface area contributed by atoms with Gasteiger partial charge in [-0.05, 0) is 50.7 Å². The smallest absolute Gasteiger partial charge is 0.232 e. The molecule has 2 N–H and O–H groups in total. The molecular formula is C20H32N6S. The molecule has 1 aromatic heterocycles. The van der Waals surface area contributed by atoms with Gasteiger partial charge >= 0.3 is 0 Å². The van der Waals surface area contributed by atoms with Gasteiger partial charge < -0.3 is 20.4 Å². The Kier molecular flexibility index (Phi) is 6.27. The third-order valence-electron chi connectivity index (χ3n) is 5.70. The van der Waals surface area contributed by atoms with Crippen LogP contribution in [-0.2, 0) is 0 Å². The molecule has 1 aliphatic carbocycles. The molecule has 3 fully saturated rings. The maximum absolute atomic E-state index is 5.47. The molecule has 0 atom stereocenters. The Balaban J connectivity index is 1.56. The van der Waals surface area contributed by atoms with Crippen molar-refractivity contribution in [1.29, 1.82) is 0 Å². The summed E-state index contributed by atoms with van der Waals surface area (Å²) in [7, 11) is 0. The zero-order valence-corrected chi connectivity index (χ0v) is 17.1. The fourth-order valence-corrected chi connectivity index (χ4v) is 4.21. The van der Waals surface area contributed by atoms with Gasteiger partial charge in [0.1, 0.15) is 11.6 Å². The molecule has 148 valence electrons. The highest BCUT2D eigenvalue weighted by atomic mass is 32.1. The third-order valence-corrected chi connectivity index (χ3v) is 5.92. The zero-order chi connectivity index (χ0) is 18.5. The van der Waals surface area contributed by atoms with E-state index in [0.717, 1.165) is 37.8 Å². The normalized spacial score (nSPS) is 21.3. The summed E-state index contributed by atoms with van der Waals surface area (Å²) < 4.78 is 0. The Morgan fingerprint density at radius 3 is 1.74 bits per heavy atom. The van der Waals surface area contributed by atoms with Crippen LogP contribution in [0.4, 0.5) is 17.6 Å². The van der Waals surface area contributed by atoms with E-state index in [1.165, 1.54) is 64.2 Å². The van der Waals surface area contributed by atoms with Crippen LogP contribution in [0.2, 0.25) is 0 Å². The maximum atomic E-state index is 5.47. The molecular weight excluding hydrogens is 356 g/mol. The van der Waals surface area contributed by atoms with Gasteiger partial charge in [-0.1, -0.05) is 25.7 Å². The van der Waals surface area contributed by atoms with Crippen LogP contribution in [0, 0.1) is 0 Å². The Morgan fingerprint density at radius 2 is 1.30 bits per heavy atom. The SMILES string of the molecule is S=C(Nc1nc(N2CCCCCC2)cc(N2CCCCCC2)n1)NC1CC1. The van der Waals surface area contributed by atoms with Crippen molar-refractivity contribution in [2.24, 2.45) is 0 Å². The number of rotatable bonds is 4. The molecule has 1 saturated carbocycles. The van der Waals surface area contributed by atoms with E-state index in [0.29, 0.717) is 17.1 Å². The molecule has 3 heterocycles. The average Bonchev–Trinajstić information content (AvgIpc) is 3.49. The van der Waals surface area contributed by atoms with E-state index in [1.54, 1.807) is 0 Å². The number of hydrogen-bond acceptors (Lipinski definition) is 5. The lowest BCUT2D eigenvalue weighted by molar-refractivity contribution is 0.726. The Morgan fingerprint density at radius 1 is 0.815 bits per heavy atom. The summed E-state index contributed by atoms with van der Waals surface area (Å²) >= 11 is 5.47. The summed E-state index contributed by atoms with van der Waals surface area (Å²) in [5, 5.41) is 7.23. The molecule has 4 rings (SSSR count). The standard InChI is InChI=1S/C20H32N6S/c27-20(21-16-9-10-16)24-19-22-17(25-11-5-1-2-6-12-25)15-18(23-19)26-13-7-3-4-8-14-26/h15-16H,1-14H2,(H2,21,22,23,24,27). The first-order valence-electron chi connectivity index (χ1n) is 10.7. The largest absolute Gasteiger partial charge is 0.360 e. The maximum Gasteiger partial charge on any atom is 0.232 e. The molecule has 0 radical (unpaired) electrons. The first kappa shape index (κ1) is 18.7. The molecule has 0 bridgehead atoms. The van der Waals surface area contributed by atoms with Crippen molar-refractivity contribution < 1.29 is 0 Å². The molecule has 6 nitrogen and oxygen atoms in total. The van der Waals surface area contributed by atoms with E-state index in [9.17, 15) is 0 Å². The monoisotopic (exact) mass is 388 g/mol. The van der Waals surface area contributed by atoms with Gasteiger partial charge in [-0.15, -0.1) is 0 Å². The predicted molar refractivity (Wildman–Crippen MR) is 116 cm³/mol. The molecule has 27 heavy (non-hydrogen) atoms. The molecule has 7 heteroatoms. The van der Waals surface area contributed by atoms with Crippen molar-refractivity contribution in [1.82, 2.24) is 15.3 Å². The van der Waals surface area contributed by atoms with E-state index in [4.69, 9.17) is 22.2 Å². The average molecular weight is 389 g/mol. The molecule has 0 unspecified atom stereocenters. The summed E-state index contributed by atoms with van der Waals surface area (Å²) in [6.07, 6.45) is 12.7. The van der Waals surface area contributed by atoms with Crippen molar-refractivity contribution >= 4 is 34.9 Å². The minimum absolute atomic E-state index is 0.531. The van der Waals surface area contributed by atoms with Crippen molar-refractivity contribution in [3.05, 3.63) is 6.07 Å². The third kappa shape index (κ3) is 5.43. The molecule has 3 aliphatic rings. The summed E-state index contributed by atoms with van der Waals surface area (Å²) in [6, 6.07) is 2.72. The second-order valence-electron chi connectivity index (χ2n) is 8.08.